The molecular weight excluding hydrogens is 327 g/mol. The largest absolute Gasteiger partial charge is 0.465 e. The Morgan fingerprint density at radius 1 is 1.36 bits per heavy atom. The second-order valence-corrected chi connectivity index (χ2v) is 5.45. The summed E-state index contributed by atoms with van der Waals surface area (Å²) in [5, 5.41) is 2.79. The number of aldehydes is 1. The van der Waals surface area contributed by atoms with Gasteiger partial charge < -0.3 is 14.8 Å². The summed E-state index contributed by atoms with van der Waals surface area (Å²) in [6.07, 6.45) is 1.13. The molecule has 0 saturated carbocycles. The number of ether oxygens (including phenoxy) is 1. The monoisotopic (exact) mass is 346 g/mol. The molecule has 2 rings (SSSR count). The molecule has 1 aromatic carbocycles. The number of aryl methyl sites for hydroxylation is 1. The Morgan fingerprint density at radius 2 is 2.08 bits per heavy atom. The summed E-state index contributed by atoms with van der Waals surface area (Å²) in [4.78, 5) is 35.2. The molecule has 0 atom stereocenters. The summed E-state index contributed by atoms with van der Waals surface area (Å²) in [5.41, 5.74) is 0.742. The molecule has 1 N–H and O–H groups in total. The standard InChI is InChI=1S/C18H19FN2O4/c1-4-11-5-6-14(13(19)9-11)20-17-16(18(24)25-3)12(7-8-22)10-15(23)21(17)2/h5-6,8-10,20H,4,7H2,1-3H3. The molecule has 0 unspecified atom stereocenters. The minimum atomic E-state index is -0.722. The van der Waals surface area contributed by atoms with Crippen LogP contribution in [-0.2, 0) is 29.4 Å². The molecule has 1 aromatic heterocycles. The van der Waals surface area contributed by atoms with Crippen LogP contribution in [0.4, 0.5) is 15.9 Å². The summed E-state index contributed by atoms with van der Waals surface area (Å²) in [5.74, 6) is -1.16. The summed E-state index contributed by atoms with van der Waals surface area (Å²) in [6, 6.07) is 5.86. The van der Waals surface area contributed by atoms with Gasteiger partial charge in [-0.3, -0.25) is 9.36 Å². The summed E-state index contributed by atoms with van der Waals surface area (Å²) < 4.78 is 20.2. The van der Waals surface area contributed by atoms with Crippen molar-refractivity contribution in [2.24, 2.45) is 7.05 Å². The van der Waals surface area contributed by atoms with Gasteiger partial charge in [0.15, 0.2) is 0 Å². The molecule has 0 aliphatic heterocycles. The number of halogens is 1. The van der Waals surface area contributed by atoms with E-state index >= 15 is 0 Å². The van der Waals surface area contributed by atoms with Crippen LogP contribution in [0, 0.1) is 5.82 Å². The molecule has 0 aliphatic carbocycles. The number of carbonyl (C=O) groups excluding carboxylic acids is 2. The second-order valence-electron chi connectivity index (χ2n) is 5.45. The molecule has 0 radical (unpaired) electrons. The number of benzene rings is 1. The lowest BCUT2D eigenvalue weighted by Crippen LogP contribution is -2.25. The number of aromatic nitrogens is 1. The quantitative estimate of drug-likeness (QED) is 0.642. The van der Waals surface area contributed by atoms with Crippen molar-refractivity contribution >= 4 is 23.8 Å². The van der Waals surface area contributed by atoms with Gasteiger partial charge in [-0.2, -0.15) is 0 Å². The van der Waals surface area contributed by atoms with Crippen LogP contribution in [0.3, 0.4) is 0 Å². The van der Waals surface area contributed by atoms with Gasteiger partial charge in [0.05, 0.1) is 12.8 Å². The summed E-state index contributed by atoms with van der Waals surface area (Å²) in [6.45, 7) is 1.91. The van der Waals surface area contributed by atoms with Crippen molar-refractivity contribution in [1.29, 1.82) is 0 Å². The molecule has 7 heteroatoms. The number of methoxy groups -OCH3 is 1. The van der Waals surface area contributed by atoms with Gasteiger partial charge in [-0.15, -0.1) is 0 Å². The van der Waals surface area contributed by atoms with E-state index in [1.807, 2.05) is 6.92 Å². The van der Waals surface area contributed by atoms with Crippen LogP contribution < -0.4 is 10.9 Å². The van der Waals surface area contributed by atoms with E-state index in [1.54, 1.807) is 6.07 Å². The van der Waals surface area contributed by atoms with E-state index in [0.717, 1.165) is 5.56 Å². The van der Waals surface area contributed by atoms with Crippen LogP contribution in [0.5, 0.6) is 0 Å². The van der Waals surface area contributed by atoms with Crippen molar-refractivity contribution in [2.45, 2.75) is 19.8 Å². The van der Waals surface area contributed by atoms with Gasteiger partial charge in [0.25, 0.3) is 5.56 Å². The molecule has 25 heavy (non-hydrogen) atoms. The van der Waals surface area contributed by atoms with Crippen molar-refractivity contribution < 1.29 is 18.7 Å². The zero-order chi connectivity index (χ0) is 18.6. The van der Waals surface area contributed by atoms with Gasteiger partial charge in [0.2, 0.25) is 0 Å². The highest BCUT2D eigenvalue weighted by molar-refractivity contribution is 5.97. The number of nitrogens with one attached hydrogen (secondary N) is 1. The number of rotatable bonds is 6. The predicted octanol–water partition coefficient (Wildman–Crippen LogP) is 2.36. The van der Waals surface area contributed by atoms with Gasteiger partial charge in [0.1, 0.15) is 23.5 Å². The van der Waals surface area contributed by atoms with Gasteiger partial charge in [-0.05, 0) is 29.7 Å². The van der Waals surface area contributed by atoms with E-state index in [9.17, 15) is 18.8 Å². The molecule has 2 aromatic rings. The zero-order valence-corrected chi connectivity index (χ0v) is 14.3. The maximum atomic E-state index is 14.3. The Balaban J connectivity index is 2.64. The van der Waals surface area contributed by atoms with Crippen LogP contribution in [-0.4, -0.2) is 23.9 Å². The second kappa shape index (κ2) is 7.74. The van der Waals surface area contributed by atoms with E-state index < -0.39 is 17.3 Å². The fourth-order valence-electron chi connectivity index (χ4n) is 2.48. The first kappa shape index (κ1) is 18.4. The van der Waals surface area contributed by atoms with Crippen molar-refractivity contribution in [3.05, 3.63) is 57.1 Å². The molecule has 6 nitrogen and oxygen atoms in total. The fraction of sp³-hybridized carbons (Fsp3) is 0.278. The molecule has 0 bridgehead atoms. The maximum Gasteiger partial charge on any atom is 0.341 e. The minimum Gasteiger partial charge on any atom is -0.465 e. The summed E-state index contributed by atoms with van der Waals surface area (Å²) >= 11 is 0. The zero-order valence-electron chi connectivity index (χ0n) is 14.3. The lowest BCUT2D eigenvalue weighted by Gasteiger charge is -2.18. The minimum absolute atomic E-state index is 0.0238. The first-order chi connectivity index (χ1) is 11.9. The van der Waals surface area contributed by atoms with E-state index in [0.29, 0.717) is 12.7 Å². The Bertz CT molecular complexity index is 874. The van der Waals surface area contributed by atoms with Crippen LogP contribution >= 0.6 is 0 Å². The number of nitrogens with zero attached hydrogens (tertiary/aromatic N) is 1. The molecule has 0 fully saturated rings. The van der Waals surface area contributed by atoms with Crippen LogP contribution in [0.2, 0.25) is 0 Å². The Morgan fingerprint density at radius 3 is 2.64 bits per heavy atom. The Kier molecular flexibility index (Phi) is 5.69. The molecule has 0 amide bonds. The number of esters is 1. The normalized spacial score (nSPS) is 10.4. The third-order valence-corrected chi connectivity index (χ3v) is 3.91. The van der Waals surface area contributed by atoms with E-state index in [4.69, 9.17) is 4.74 Å². The molecular formula is C18H19FN2O4. The van der Waals surface area contributed by atoms with Gasteiger partial charge in [-0.1, -0.05) is 13.0 Å². The smallest absolute Gasteiger partial charge is 0.341 e. The first-order valence-corrected chi connectivity index (χ1v) is 7.73. The van der Waals surface area contributed by atoms with Gasteiger partial charge >= 0.3 is 5.97 Å². The van der Waals surface area contributed by atoms with Crippen LogP contribution in [0.1, 0.15) is 28.4 Å². The van der Waals surface area contributed by atoms with E-state index in [1.165, 1.54) is 36.9 Å². The van der Waals surface area contributed by atoms with E-state index in [-0.39, 0.29) is 29.1 Å². The number of hydrogen-bond acceptors (Lipinski definition) is 5. The lowest BCUT2D eigenvalue weighted by atomic mass is 10.1. The van der Waals surface area contributed by atoms with Gasteiger partial charge in [0, 0.05) is 19.5 Å². The van der Waals surface area contributed by atoms with Crippen molar-refractivity contribution in [2.75, 3.05) is 12.4 Å². The van der Waals surface area contributed by atoms with Gasteiger partial charge in [-0.25, -0.2) is 9.18 Å². The predicted molar refractivity (Wildman–Crippen MR) is 91.9 cm³/mol. The number of hydrogen-bond donors (Lipinski definition) is 1. The molecule has 0 aliphatic rings. The molecule has 0 spiro atoms. The van der Waals surface area contributed by atoms with Crippen LogP contribution in [0.25, 0.3) is 0 Å². The Labute approximate surface area is 144 Å². The first-order valence-electron chi connectivity index (χ1n) is 7.73. The highest BCUT2D eigenvalue weighted by Crippen LogP contribution is 2.25. The third kappa shape index (κ3) is 3.76. The third-order valence-electron chi connectivity index (χ3n) is 3.91. The summed E-state index contributed by atoms with van der Waals surface area (Å²) in [7, 11) is 2.64. The SMILES string of the molecule is CCc1ccc(Nc2c(C(=O)OC)c(CC=O)cc(=O)n2C)c(F)c1. The van der Waals surface area contributed by atoms with E-state index in [2.05, 4.69) is 5.32 Å². The van der Waals surface area contributed by atoms with Crippen molar-refractivity contribution in [3.63, 3.8) is 0 Å². The average molecular weight is 346 g/mol. The number of anilines is 2. The topological polar surface area (TPSA) is 77.4 Å². The highest BCUT2D eigenvalue weighted by Gasteiger charge is 2.22. The maximum absolute atomic E-state index is 14.3. The lowest BCUT2D eigenvalue weighted by molar-refractivity contribution is -0.107. The Hall–Kier alpha value is -2.96. The highest BCUT2D eigenvalue weighted by atomic mass is 19.1. The molecule has 132 valence electrons. The average Bonchev–Trinajstić information content (AvgIpc) is 2.60. The van der Waals surface area contributed by atoms with Crippen LogP contribution in [0.15, 0.2) is 29.1 Å². The molecule has 1 heterocycles. The van der Waals surface area contributed by atoms with Crippen molar-refractivity contribution in [1.82, 2.24) is 4.57 Å². The molecule has 0 saturated heterocycles. The number of carbonyl (C=O) groups is 2. The number of pyridine rings is 1. The fourth-order valence-corrected chi connectivity index (χ4v) is 2.48. The van der Waals surface area contributed by atoms with Crippen molar-refractivity contribution in [3.8, 4) is 0 Å².